The van der Waals surface area contributed by atoms with Crippen LogP contribution in [0.15, 0.2) is 42.5 Å². The molecule has 0 radical (unpaired) electrons. The molecule has 0 spiro atoms. The summed E-state index contributed by atoms with van der Waals surface area (Å²) in [6, 6.07) is 13.9. The van der Waals surface area contributed by atoms with Crippen LogP contribution in [-0.4, -0.2) is 27.2 Å². The fraction of sp³-hybridized carbons (Fsp3) is 0.235. The number of nitrogens with one attached hydrogen (secondary N) is 1. The second kappa shape index (κ2) is 6.31. The van der Waals surface area contributed by atoms with E-state index in [0.29, 0.717) is 5.75 Å². The van der Waals surface area contributed by atoms with Gasteiger partial charge in [-0.3, -0.25) is 0 Å². The fourth-order valence-electron chi connectivity index (χ4n) is 2.17. The minimum Gasteiger partial charge on any atom is -0.410 e. The highest BCUT2D eigenvalue weighted by Gasteiger charge is 2.12. The Kier molecular flexibility index (Phi) is 4.48. The van der Waals surface area contributed by atoms with E-state index in [-0.39, 0.29) is 0 Å². The molecule has 2 aromatic carbocycles. The molecular weight excluding hydrogens is 264 g/mol. The van der Waals surface area contributed by atoms with Crippen molar-refractivity contribution < 1.29 is 9.53 Å². The van der Waals surface area contributed by atoms with Gasteiger partial charge < -0.3 is 15.0 Å². The number of amides is 1. The number of carbonyl (C=O) groups excluding carboxylic acids is 1. The van der Waals surface area contributed by atoms with Crippen molar-refractivity contribution in [3.63, 3.8) is 0 Å². The van der Waals surface area contributed by atoms with E-state index in [4.69, 9.17) is 4.74 Å². The number of ether oxygens (including phenoxy) is 1. The van der Waals surface area contributed by atoms with Gasteiger partial charge in [-0.25, -0.2) is 4.79 Å². The second-order valence-corrected chi connectivity index (χ2v) is 5.03. The molecule has 0 heterocycles. The summed E-state index contributed by atoms with van der Waals surface area (Å²) in [7, 11) is 5.55. The third-order valence-corrected chi connectivity index (χ3v) is 3.31. The van der Waals surface area contributed by atoms with E-state index < -0.39 is 6.09 Å². The molecule has 0 aliphatic carbocycles. The molecule has 0 aromatic heterocycles. The van der Waals surface area contributed by atoms with E-state index >= 15 is 0 Å². The number of carbonyl (C=O) groups is 1. The van der Waals surface area contributed by atoms with Crippen molar-refractivity contribution in [1.82, 2.24) is 5.32 Å². The molecule has 1 amide bonds. The Hall–Kier alpha value is -2.49. The van der Waals surface area contributed by atoms with Crippen molar-refractivity contribution in [3.8, 4) is 16.9 Å². The fourth-order valence-corrected chi connectivity index (χ4v) is 2.17. The zero-order valence-electron chi connectivity index (χ0n) is 12.8. The maximum atomic E-state index is 11.5. The summed E-state index contributed by atoms with van der Waals surface area (Å²) in [4.78, 5) is 13.5. The highest BCUT2D eigenvalue weighted by molar-refractivity contribution is 5.79. The van der Waals surface area contributed by atoms with Gasteiger partial charge >= 0.3 is 6.09 Å². The molecule has 2 rings (SSSR count). The van der Waals surface area contributed by atoms with Crippen molar-refractivity contribution in [3.05, 3.63) is 48.0 Å². The number of nitrogens with zero attached hydrogens (tertiary/aromatic N) is 1. The van der Waals surface area contributed by atoms with Gasteiger partial charge in [0.15, 0.2) is 0 Å². The predicted octanol–water partition coefficient (Wildman–Crippen LogP) is 3.45. The van der Waals surface area contributed by atoms with Crippen LogP contribution in [0.5, 0.6) is 5.75 Å². The van der Waals surface area contributed by atoms with Gasteiger partial charge in [0.1, 0.15) is 5.75 Å². The topological polar surface area (TPSA) is 41.6 Å². The molecule has 0 aliphatic rings. The molecule has 0 aliphatic heterocycles. The Labute approximate surface area is 125 Å². The smallest absolute Gasteiger partial charge is 0.410 e. The van der Waals surface area contributed by atoms with Crippen LogP contribution in [0, 0.1) is 6.92 Å². The lowest BCUT2D eigenvalue weighted by molar-refractivity contribution is 0.203. The average Bonchev–Trinajstić information content (AvgIpc) is 2.47. The zero-order chi connectivity index (χ0) is 15.4. The number of aryl methyl sites for hydroxylation is 1. The normalized spacial score (nSPS) is 10.1. The lowest BCUT2D eigenvalue weighted by Gasteiger charge is -2.15. The van der Waals surface area contributed by atoms with E-state index in [2.05, 4.69) is 5.32 Å². The summed E-state index contributed by atoms with van der Waals surface area (Å²) in [6.07, 6.45) is -0.466. The van der Waals surface area contributed by atoms with E-state index in [1.165, 1.54) is 0 Å². The minimum absolute atomic E-state index is 0.466. The summed E-state index contributed by atoms with van der Waals surface area (Å²) in [5.41, 5.74) is 4.15. The maximum absolute atomic E-state index is 11.5. The minimum atomic E-state index is -0.466. The number of anilines is 1. The van der Waals surface area contributed by atoms with E-state index in [1.807, 2.05) is 62.3 Å². The monoisotopic (exact) mass is 284 g/mol. The van der Waals surface area contributed by atoms with Gasteiger partial charge in [-0.2, -0.15) is 0 Å². The Morgan fingerprint density at radius 3 is 2.33 bits per heavy atom. The number of hydrogen-bond acceptors (Lipinski definition) is 3. The van der Waals surface area contributed by atoms with Crippen molar-refractivity contribution >= 4 is 11.8 Å². The first-order chi connectivity index (χ1) is 10.0. The third kappa shape index (κ3) is 3.34. The van der Waals surface area contributed by atoms with Crippen LogP contribution in [0.3, 0.4) is 0 Å². The number of rotatable bonds is 3. The summed E-state index contributed by atoms with van der Waals surface area (Å²) in [6.45, 7) is 2.01. The lowest BCUT2D eigenvalue weighted by atomic mass is 9.99. The highest BCUT2D eigenvalue weighted by atomic mass is 16.6. The van der Waals surface area contributed by atoms with Gasteiger partial charge in [-0.1, -0.05) is 24.3 Å². The molecule has 4 heteroatoms. The van der Waals surface area contributed by atoms with Crippen LogP contribution < -0.4 is 15.0 Å². The summed E-state index contributed by atoms with van der Waals surface area (Å²) in [5, 5.41) is 2.47. The van der Waals surface area contributed by atoms with Crippen molar-refractivity contribution in [1.29, 1.82) is 0 Å². The molecule has 0 unspecified atom stereocenters. The van der Waals surface area contributed by atoms with Gasteiger partial charge in [0.05, 0.1) is 0 Å². The molecular formula is C17H20N2O2. The van der Waals surface area contributed by atoms with Gasteiger partial charge in [0.2, 0.25) is 0 Å². The van der Waals surface area contributed by atoms with Gasteiger partial charge in [-0.15, -0.1) is 0 Å². The molecule has 21 heavy (non-hydrogen) atoms. The van der Waals surface area contributed by atoms with Gasteiger partial charge in [0.25, 0.3) is 0 Å². The average molecular weight is 284 g/mol. The Balaban J connectivity index is 2.44. The third-order valence-electron chi connectivity index (χ3n) is 3.31. The van der Waals surface area contributed by atoms with E-state index in [1.54, 1.807) is 13.1 Å². The van der Waals surface area contributed by atoms with Crippen molar-refractivity contribution in [2.24, 2.45) is 0 Å². The SMILES string of the molecule is CNC(=O)Oc1cccc(C)c1-c1ccc(N(C)C)cc1. The number of hydrogen-bond donors (Lipinski definition) is 1. The molecule has 0 saturated heterocycles. The quantitative estimate of drug-likeness (QED) is 0.938. The Bertz CT molecular complexity index is 634. The molecule has 0 saturated carbocycles. The second-order valence-electron chi connectivity index (χ2n) is 5.03. The molecule has 2 aromatic rings. The van der Waals surface area contributed by atoms with Crippen molar-refractivity contribution in [2.45, 2.75) is 6.92 Å². The Morgan fingerprint density at radius 1 is 1.10 bits per heavy atom. The highest BCUT2D eigenvalue weighted by Crippen LogP contribution is 2.34. The number of benzene rings is 2. The molecule has 0 fully saturated rings. The zero-order valence-corrected chi connectivity index (χ0v) is 12.8. The Morgan fingerprint density at radius 2 is 1.76 bits per heavy atom. The molecule has 0 atom stereocenters. The van der Waals surface area contributed by atoms with Crippen LogP contribution in [-0.2, 0) is 0 Å². The van der Waals surface area contributed by atoms with Crippen molar-refractivity contribution in [2.75, 3.05) is 26.0 Å². The van der Waals surface area contributed by atoms with Crippen LogP contribution in [0.2, 0.25) is 0 Å². The van der Waals surface area contributed by atoms with Crippen LogP contribution >= 0.6 is 0 Å². The molecule has 1 N–H and O–H groups in total. The largest absolute Gasteiger partial charge is 0.412 e. The lowest BCUT2D eigenvalue weighted by Crippen LogP contribution is -2.22. The van der Waals surface area contributed by atoms with Gasteiger partial charge in [-0.05, 0) is 36.2 Å². The molecule has 4 nitrogen and oxygen atoms in total. The molecule has 0 bridgehead atoms. The van der Waals surface area contributed by atoms with E-state index in [0.717, 1.165) is 22.4 Å². The van der Waals surface area contributed by atoms with Crippen LogP contribution in [0.25, 0.3) is 11.1 Å². The summed E-state index contributed by atoms with van der Waals surface area (Å²) < 4.78 is 5.35. The maximum Gasteiger partial charge on any atom is 0.412 e. The summed E-state index contributed by atoms with van der Waals surface area (Å²) in [5.74, 6) is 0.562. The first kappa shape index (κ1) is 14.9. The first-order valence-corrected chi connectivity index (χ1v) is 6.80. The van der Waals surface area contributed by atoms with Gasteiger partial charge in [0, 0.05) is 32.4 Å². The van der Waals surface area contributed by atoms with Crippen LogP contribution in [0.1, 0.15) is 5.56 Å². The summed E-state index contributed by atoms with van der Waals surface area (Å²) >= 11 is 0. The first-order valence-electron chi connectivity index (χ1n) is 6.80. The van der Waals surface area contributed by atoms with Crippen LogP contribution in [0.4, 0.5) is 10.5 Å². The molecule has 110 valence electrons. The standard InChI is InChI=1S/C17H20N2O2/c1-12-6-5-7-15(21-17(20)18-2)16(12)13-8-10-14(11-9-13)19(3)4/h5-11H,1-4H3,(H,18,20). The van der Waals surface area contributed by atoms with E-state index in [9.17, 15) is 4.79 Å². The predicted molar refractivity (Wildman–Crippen MR) is 86.0 cm³/mol.